The summed E-state index contributed by atoms with van der Waals surface area (Å²) in [4.78, 5) is 37.6. The molecule has 0 bridgehead atoms. The van der Waals surface area contributed by atoms with Gasteiger partial charge in [0.2, 0.25) is 5.91 Å². The Labute approximate surface area is 238 Å². The van der Waals surface area contributed by atoms with Crippen molar-refractivity contribution in [1.82, 2.24) is 20.2 Å². The molecule has 12 heteroatoms. The third-order valence-corrected chi connectivity index (χ3v) is 5.59. The number of amides is 2. The fourth-order valence-electron chi connectivity index (χ4n) is 3.39. The van der Waals surface area contributed by atoms with Crippen LogP contribution in [0.15, 0.2) is 29.0 Å². The Morgan fingerprint density at radius 2 is 1.84 bits per heavy atom. The van der Waals surface area contributed by atoms with Crippen molar-refractivity contribution in [1.29, 1.82) is 0 Å². The van der Waals surface area contributed by atoms with Crippen molar-refractivity contribution in [2.45, 2.75) is 66.5 Å². The van der Waals surface area contributed by atoms with E-state index in [-0.39, 0.29) is 67.3 Å². The fourth-order valence-corrected chi connectivity index (χ4v) is 3.39. The van der Waals surface area contributed by atoms with Crippen LogP contribution in [-0.2, 0) is 16.8 Å². The highest BCUT2D eigenvalue weighted by atomic mass is 35.5. The highest BCUT2D eigenvalue weighted by Crippen LogP contribution is 2.24. The van der Waals surface area contributed by atoms with Crippen molar-refractivity contribution in [3.05, 3.63) is 41.7 Å². The summed E-state index contributed by atoms with van der Waals surface area (Å²) < 4.78 is 5.42. The van der Waals surface area contributed by atoms with Gasteiger partial charge in [0.15, 0.2) is 0 Å². The molecule has 38 heavy (non-hydrogen) atoms. The number of rotatable bonds is 12. The molecule has 0 aromatic carbocycles. The molecular weight excluding hydrogens is 531 g/mol. The van der Waals surface area contributed by atoms with Gasteiger partial charge in [-0.1, -0.05) is 48.5 Å². The van der Waals surface area contributed by atoms with Gasteiger partial charge >= 0.3 is 0 Å². The first-order chi connectivity index (χ1) is 16.8. The number of furan rings is 1. The maximum Gasteiger partial charge on any atom is 0.259 e. The Kier molecular flexibility index (Phi) is 14.3. The second kappa shape index (κ2) is 15.3. The zero-order valence-electron chi connectivity index (χ0n) is 23.4. The number of hydrogen-bond acceptors (Lipinski definition) is 8. The third-order valence-electron chi connectivity index (χ3n) is 5.59. The van der Waals surface area contributed by atoms with E-state index >= 15 is 0 Å². The lowest BCUT2D eigenvalue weighted by atomic mass is 9.95. The standard InChI is InChI=1S/C26H42N6O4.2ClH/c1-17(2)14-32(20(11-27)22(34)30-15-26(6,7)16-33)23(35)19-13-29-24(25(3,4)5)31-21(19)28-12-18-9-8-10-36-18;;/h8-10,13,17,20,33H,11-12,14-16,27H2,1-7H3,(H,30,34)(H,28,29,31);2*1H/t20-;;/m0../s1. The van der Waals surface area contributed by atoms with Crippen LogP contribution in [0.25, 0.3) is 0 Å². The minimum atomic E-state index is -0.894. The molecule has 1 atom stereocenters. The van der Waals surface area contributed by atoms with E-state index in [0.29, 0.717) is 30.5 Å². The van der Waals surface area contributed by atoms with Gasteiger partial charge < -0.3 is 30.8 Å². The van der Waals surface area contributed by atoms with Crippen LogP contribution in [-0.4, -0.2) is 64.1 Å². The summed E-state index contributed by atoms with van der Waals surface area (Å²) in [5.74, 6) is 0.954. The minimum Gasteiger partial charge on any atom is -0.467 e. The number of carbonyl (C=O) groups is 2. The highest BCUT2D eigenvalue weighted by Gasteiger charge is 2.33. The summed E-state index contributed by atoms with van der Waals surface area (Å²) in [6.07, 6.45) is 3.09. The Morgan fingerprint density at radius 1 is 1.18 bits per heavy atom. The summed E-state index contributed by atoms with van der Waals surface area (Å²) in [6, 6.07) is 2.72. The molecule has 0 spiro atoms. The van der Waals surface area contributed by atoms with Crippen molar-refractivity contribution < 1.29 is 19.1 Å². The van der Waals surface area contributed by atoms with Gasteiger partial charge in [-0.05, 0) is 18.1 Å². The first-order valence-electron chi connectivity index (χ1n) is 12.3. The van der Waals surface area contributed by atoms with Crippen molar-refractivity contribution in [3.8, 4) is 0 Å². The average Bonchev–Trinajstić information content (AvgIpc) is 3.33. The van der Waals surface area contributed by atoms with Crippen LogP contribution >= 0.6 is 24.8 Å². The zero-order chi connectivity index (χ0) is 27.1. The fraction of sp³-hybridized carbons (Fsp3) is 0.615. The summed E-state index contributed by atoms with van der Waals surface area (Å²) >= 11 is 0. The Balaban J connectivity index is 0.00000684. The van der Waals surface area contributed by atoms with Crippen LogP contribution in [0.5, 0.6) is 0 Å². The van der Waals surface area contributed by atoms with E-state index in [0.717, 1.165) is 0 Å². The van der Waals surface area contributed by atoms with Gasteiger partial charge in [0.25, 0.3) is 5.91 Å². The molecule has 0 unspecified atom stereocenters. The van der Waals surface area contributed by atoms with Crippen LogP contribution in [0, 0.1) is 11.3 Å². The molecule has 0 fully saturated rings. The van der Waals surface area contributed by atoms with Crippen LogP contribution < -0.4 is 16.4 Å². The monoisotopic (exact) mass is 574 g/mol. The summed E-state index contributed by atoms with van der Waals surface area (Å²) in [5.41, 5.74) is 5.43. The first-order valence-corrected chi connectivity index (χ1v) is 12.3. The molecule has 2 aromatic heterocycles. The Hall–Kier alpha value is -2.40. The van der Waals surface area contributed by atoms with E-state index in [4.69, 9.17) is 10.2 Å². The molecule has 10 nitrogen and oxygen atoms in total. The van der Waals surface area contributed by atoms with Crippen molar-refractivity contribution >= 4 is 42.4 Å². The molecule has 0 aliphatic carbocycles. The Bertz CT molecular complexity index is 1010. The Morgan fingerprint density at radius 3 is 2.34 bits per heavy atom. The number of nitrogens with zero attached hydrogens (tertiary/aromatic N) is 3. The number of aliphatic hydroxyl groups excluding tert-OH is 1. The van der Waals surface area contributed by atoms with Crippen molar-refractivity contribution in [3.63, 3.8) is 0 Å². The molecule has 2 rings (SSSR count). The second-order valence-electron chi connectivity index (χ2n) is 11.3. The molecule has 0 aliphatic rings. The molecule has 216 valence electrons. The van der Waals surface area contributed by atoms with Crippen LogP contribution in [0.3, 0.4) is 0 Å². The van der Waals surface area contributed by atoms with E-state index in [1.165, 1.54) is 11.1 Å². The quantitative estimate of drug-likeness (QED) is 0.301. The van der Waals surface area contributed by atoms with Gasteiger partial charge in [0.05, 0.1) is 12.8 Å². The van der Waals surface area contributed by atoms with Gasteiger partial charge in [-0.25, -0.2) is 9.97 Å². The third kappa shape index (κ3) is 10.1. The molecular formula is C26H44Cl2N6O4. The maximum absolute atomic E-state index is 13.9. The molecule has 2 heterocycles. The van der Waals surface area contributed by atoms with Crippen LogP contribution in [0.1, 0.15) is 70.4 Å². The number of halogens is 2. The molecule has 0 aliphatic heterocycles. The molecule has 0 radical (unpaired) electrons. The van der Waals surface area contributed by atoms with Crippen LogP contribution in [0.2, 0.25) is 0 Å². The highest BCUT2D eigenvalue weighted by molar-refractivity contribution is 6.01. The number of aromatic nitrogens is 2. The summed E-state index contributed by atoms with van der Waals surface area (Å²) in [7, 11) is 0. The smallest absolute Gasteiger partial charge is 0.259 e. The molecule has 2 aromatic rings. The van der Waals surface area contributed by atoms with Gasteiger partial charge in [0, 0.05) is 43.3 Å². The number of anilines is 1. The average molecular weight is 576 g/mol. The first kappa shape index (κ1) is 35.6. The number of nitrogens with one attached hydrogen (secondary N) is 2. The van der Waals surface area contributed by atoms with E-state index in [1.807, 2.05) is 54.5 Å². The van der Waals surface area contributed by atoms with E-state index in [9.17, 15) is 14.7 Å². The summed E-state index contributed by atoms with van der Waals surface area (Å²) in [5, 5.41) is 15.6. The normalized spacial score (nSPS) is 12.3. The predicted molar refractivity (Wildman–Crippen MR) is 154 cm³/mol. The van der Waals surface area contributed by atoms with Gasteiger partial charge in [-0.2, -0.15) is 0 Å². The largest absolute Gasteiger partial charge is 0.467 e. The van der Waals surface area contributed by atoms with E-state index < -0.39 is 17.4 Å². The SMILES string of the molecule is CC(C)CN(C(=O)c1cnc(C(C)(C)C)nc1NCc1ccco1)[C@@H](CN)C(=O)NCC(C)(C)CO.Cl.Cl. The maximum atomic E-state index is 13.9. The van der Waals surface area contributed by atoms with E-state index in [2.05, 4.69) is 20.6 Å². The van der Waals surface area contributed by atoms with Crippen LogP contribution in [0.4, 0.5) is 5.82 Å². The summed E-state index contributed by atoms with van der Waals surface area (Å²) in [6.45, 7) is 14.4. The minimum absolute atomic E-state index is 0. The second-order valence-corrected chi connectivity index (χ2v) is 11.3. The molecule has 0 saturated carbocycles. The lowest BCUT2D eigenvalue weighted by Crippen LogP contribution is -2.55. The number of aliphatic hydroxyl groups is 1. The van der Waals surface area contributed by atoms with Crippen molar-refractivity contribution in [2.75, 3.05) is 31.6 Å². The predicted octanol–water partition coefficient (Wildman–Crippen LogP) is 3.38. The van der Waals surface area contributed by atoms with Gasteiger partial charge in [-0.15, -0.1) is 24.8 Å². The van der Waals surface area contributed by atoms with Crippen molar-refractivity contribution in [2.24, 2.45) is 17.1 Å². The lowest BCUT2D eigenvalue weighted by molar-refractivity contribution is -0.126. The molecule has 2 amide bonds. The van der Waals surface area contributed by atoms with Gasteiger partial charge in [-0.3, -0.25) is 9.59 Å². The molecule has 5 N–H and O–H groups in total. The zero-order valence-corrected chi connectivity index (χ0v) is 25.0. The number of nitrogens with two attached hydrogens (primary N) is 1. The topological polar surface area (TPSA) is 147 Å². The lowest BCUT2D eigenvalue weighted by Gasteiger charge is -2.33. The molecule has 0 saturated heterocycles. The van der Waals surface area contributed by atoms with Gasteiger partial charge in [0.1, 0.15) is 29.0 Å². The van der Waals surface area contributed by atoms with E-state index in [1.54, 1.807) is 12.3 Å². The number of hydrogen-bond donors (Lipinski definition) is 4. The number of carbonyl (C=O) groups excluding carboxylic acids is 2.